The van der Waals surface area contributed by atoms with Gasteiger partial charge in [-0.2, -0.15) is 0 Å². The minimum atomic E-state index is -0.493. The summed E-state index contributed by atoms with van der Waals surface area (Å²) < 4.78 is 1.51. The first-order chi connectivity index (χ1) is 11.4. The number of pyridine rings is 1. The van der Waals surface area contributed by atoms with Crippen LogP contribution in [0.4, 0.5) is 0 Å². The van der Waals surface area contributed by atoms with Crippen molar-refractivity contribution in [1.29, 1.82) is 0 Å². The Hall–Kier alpha value is -2.19. The molecule has 1 amide bonds. The van der Waals surface area contributed by atoms with Gasteiger partial charge in [-0.1, -0.05) is 11.8 Å². The minimum absolute atomic E-state index is 0.115. The normalized spacial score (nSPS) is 11.1. The van der Waals surface area contributed by atoms with E-state index in [1.54, 1.807) is 6.20 Å². The fourth-order valence-corrected chi connectivity index (χ4v) is 4.18. The molecule has 6 nitrogen and oxygen atoms in total. The summed E-state index contributed by atoms with van der Waals surface area (Å²) in [6, 6.07) is 1.50. The molecule has 3 aromatic rings. The number of hydrogen-bond donors (Lipinski definition) is 1. The molecule has 3 aromatic heterocycles. The summed E-state index contributed by atoms with van der Waals surface area (Å²) >= 11 is 2.77. The van der Waals surface area contributed by atoms with Gasteiger partial charge < -0.3 is 5.73 Å². The van der Waals surface area contributed by atoms with Crippen molar-refractivity contribution >= 4 is 34.0 Å². The van der Waals surface area contributed by atoms with Gasteiger partial charge in [0.2, 0.25) is 0 Å². The molecule has 0 saturated heterocycles. The first-order valence-corrected chi connectivity index (χ1v) is 9.11. The molecule has 2 N–H and O–H groups in total. The number of thiazole rings is 1. The molecule has 0 aliphatic rings. The monoisotopic (exact) mass is 360 g/mol. The van der Waals surface area contributed by atoms with Crippen molar-refractivity contribution < 1.29 is 4.79 Å². The van der Waals surface area contributed by atoms with Gasteiger partial charge in [-0.15, -0.1) is 11.3 Å². The standard InChI is InChI=1S/C16H16N4O2S2/c1-8-9(2)13(14(17)22)15(18-10(8)3)24-7-11-6-12(21)20-4-5-23-16(20)19-11/h4-6H,7H2,1-3H3,(H2,17,22). The van der Waals surface area contributed by atoms with E-state index >= 15 is 0 Å². The predicted octanol–water partition coefficient (Wildman–Crippen LogP) is 2.47. The Bertz CT molecular complexity index is 1010. The smallest absolute Gasteiger partial charge is 0.258 e. The molecule has 8 heteroatoms. The number of nitrogens with zero attached hydrogens (tertiary/aromatic N) is 3. The lowest BCUT2D eigenvalue weighted by atomic mass is 10.0. The molecule has 0 aromatic carbocycles. The molecule has 0 radical (unpaired) electrons. The number of aromatic nitrogens is 3. The van der Waals surface area contributed by atoms with Gasteiger partial charge in [0.1, 0.15) is 5.03 Å². The van der Waals surface area contributed by atoms with E-state index < -0.39 is 5.91 Å². The molecule has 24 heavy (non-hydrogen) atoms. The SMILES string of the molecule is Cc1nc(SCc2cc(=O)n3ccsc3n2)c(C(N)=O)c(C)c1C. The van der Waals surface area contributed by atoms with E-state index in [9.17, 15) is 9.59 Å². The molecule has 3 rings (SSSR count). The lowest BCUT2D eigenvalue weighted by molar-refractivity contribution is 0.0996. The molecule has 0 aliphatic carbocycles. The van der Waals surface area contributed by atoms with Gasteiger partial charge in [0, 0.05) is 29.1 Å². The van der Waals surface area contributed by atoms with E-state index in [2.05, 4.69) is 9.97 Å². The van der Waals surface area contributed by atoms with Crippen LogP contribution >= 0.6 is 23.1 Å². The number of carbonyl (C=O) groups excluding carboxylic acids is 1. The van der Waals surface area contributed by atoms with E-state index in [4.69, 9.17) is 5.73 Å². The molecule has 3 heterocycles. The zero-order valence-electron chi connectivity index (χ0n) is 13.5. The number of carbonyl (C=O) groups is 1. The van der Waals surface area contributed by atoms with Crippen LogP contribution in [0.5, 0.6) is 0 Å². The quantitative estimate of drug-likeness (QED) is 0.722. The third-order valence-electron chi connectivity index (χ3n) is 3.92. The molecule has 0 unspecified atom stereocenters. The number of rotatable bonds is 4. The predicted molar refractivity (Wildman–Crippen MR) is 95.9 cm³/mol. The zero-order valence-corrected chi connectivity index (χ0v) is 15.1. The molecule has 0 fully saturated rings. The van der Waals surface area contributed by atoms with Crippen LogP contribution in [0.15, 0.2) is 27.5 Å². The minimum Gasteiger partial charge on any atom is -0.366 e. The van der Waals surface area contributed by atoms with Crippen molar-refractivity contribution in [1.82, 2.24) is 14.4 Å². The van der Waals surface area contributed by atoms with Crippen molar-refractivity contribution in [2.45, 2.75) is 31.6 Å². The molecule has 0 spiro atoms. The number of hydrogen-bond acceptors (Lipinski definition) is 6. The van der Waals surface area contributed by atoms with Crippen molar-refractivity contribution in [3.8, 4) is 0 Å². The first-order valence-electron chi connectivity index (χ1n) is 7.24. The topological polar surface area (TPSA) is 90.3 Å². The van der Waals surface area contributed by atoms with E-state index in [1.807, 2.05) is 26.2 Å². The van der Waals surface area contributed by atoms with Gasteiger partial charge in [0.05, 0.1) is 11.3 Å². The zero-order chi connectivity index (χ0) is 17.4. The highest BCUT2D eigenvalue weighted by atomic mass is 32.2. The summed E-state index contributed by atoms with van der Waals surface area (Å²) in [5.74, 6) is -0.0499. The first kappa shape index (κ1) is 16.7. The Morgan fingerprint density at radius 3 is 2.75 bits per heavy atom. The molecule has 0 bridgehead atoms. The van der Waals surface area contributed by atoms with Gasteiger partial charge in [0.25, 0.3) is 11.5 Å². The molecule has 124 valence electrons. The number of thioether (sulfide) groups is 1. The highest BCUT2D eigenvalue weighted by Crippen LogP contribution is 2.28. The largest absolute Gasteiger partial charge is 0.366 e. The van der Waals surface area contributed by atoms with Gasteiger partial charge in [-0.25, -0.2) is 9.97 Å². The summed E-state index contributed by atoms with van der Waals surface area (Å²) in [6.07, 6.45) is 1.70. The van der Waals surface area contributed by atoms with Crippen LogP contribution in [-0.2, 0) is 5.75 Å². The Kier molecular flexibility index (Phi) is 4.42. The maximum atomic E-state index is 12.0. The second kappa shape index (κ2) is 6.37. The molecular weight excluding hydrogens is 344 g/mol. The average molecular weight is 360 g/mol. The van der Waals surface area contributed by atoms with Gasteiger partial charge >= 0.3 is 0 Å². The van der Waals surface area contributed by atoms with Crippen molar-refractivity contribution in [2.75, 3.05) is 0 Å². The van der Waals surface area contributed by atoms with Crippen molar-refractivity contribution in [3.05, 3.63) is 56.1 Å². The van der Waals surface area contributed by atoms with E-state index in [1.165, 1.54) is 33.6 Å². The van der Waals surface area contributed by atoms with E-state index in [0.29, 0.717) is 27.0 Å². The summed E-state index contributed by atoms with van der Waals surface area (Å²) in [5, 5.41) is 2.40. The highest BCUT2D eigenvalue weighted by molar-refractivity contribution is 7.98. The summed E-state index contributed by atoms with van der Waals surface area (Å²) in [4.78, 5) is 33.5. The molecule has 0 saturated carbocycles. The molecule has 0 atom stereocenters. The third-order valence-corrected chi connectivity index (χ3v) is 5.69. The van der Waals surface area contributed by atoms with Crippen LogP contribution in [0.3, 0.4) is 0 Å². The second-order valence-corrected chi connectivity index (χ2v) is 7.26. The Morgan fingerprint density at radius 1 is 1.29 bits per heavy atom. The maximum Gasteiger partial charge on any atom is 0.258 e. The molecular formula is C16H16N4O2S2. The van der Waals surface area contributed by atoms with Gasteiger partial charge in [0.15, 0.2) is 4.96 Å². The van der Waals surface area contributed by atoms with E-state index in [0.717, 1.165) is 16.8 Å². The average Bonchev–Trinajstić information content (AvgIpc) is 2.99. The van der Waals surface area contributed by atoms with Crippen LogP contribution < -0.4 is 11.3 Å². The van der Waals surface area contributed by atoms with Crippen LogP contribution in [0.2, 0.25) is 0 Å². The van der Waals surface area contributed by atoms with Gasteiger partial charge in [-0.05, 0) is 31.9 Å². The maximum absolute atomic E-state index is 12.0. The van der Waals surface area contributed by atoms with E-state index in [-0.39, 0.29) is 5.56 Å². The van der Waals surface area contributed by atoms with Crippen LogP contribution in [0.1, 0.15) is 32.9 Å². The number of aryl methyl sites for hydroxylation is 1. The number of nitrogens with two attached hydrogens (primary N) is 1. The number of amides is 1. The fraction of sp³-hybridized carbons (Fsp3) is 0.250. The van der Waals surface area contributed by atoms with Crippen LogP contribution in [0, 0.1) is 20.8 Å². The highest BCUT2D eigenvalue weighted by Gasteiger charge is 2.17. The second-order valence-electron chi connectivity index (χ2n) is 5.42. The molecule has 0 aliphatic heterocycles. The summed E-state index contributed by atoms with van der Waals surface area (Å²) in [6.45, 7) is 5.70. The van der Waals surface area contributed by atoms with Crippen molar-refractivity contribution in [3.63, 3.8) is 0 Å². The summed E-state index contributed by atoms with van der Waals surface area (Å²) in [5.41, 5.74) is 9.18. The Labute approximate surface area is 146 Å². The Morgan fingerprint density at radius 2 is 2.04 bits per heavy atom. The van der Waals surface area contributed by atoms with Crippen molar-refractivity contribution in [2.24, 2.45) is 5.73 Å². The number of fused-ring (bicyclic) bond motifs is 1. The third kappa shape index (κ3) is 2.94. The van der Waals surface area contributed by atoms with Gasteiger partial charge in [-0.3, -0.25) is 14.0 Å². The lowest BCUT2D eigenvalue weighted by Crippen LogP contribution is -2.17. The number of primary amides is 1. The fourth-order valence-electron chi connectivity index (χ4n) is 2.41. The lowest BCUT2D eigenvalue weighted by Gasteiger charge is -2.13. The van der Waals surface area contributed by atoms with Crippen LogP contribution in [0.25, 0.3) is 4.96 Å². The Balaban J connectivity index is 1.96. The van der Waals surface area contributed by atoms with Crippen LogP contribution in [-0.4, -0.2) is 20.3 Å². The summed E-state index contributed by atoms with van der Waals surface area (Å²) in [7, 11) is 0.